The van der Waals surface area contributed by atoms with Gasteiger partial charge < -0.3 is 19.7 Å². The zero-order chi connectivity index (χ0) is 11.6. The highest BCUT2D eigenvalue weighted by molar-refractivity contribution is 4.71. The lowest BCUT2D eigenvalue weighted by atomic mass is 9.98. The third-order valence-electron chi connectivity index (χ3n) is 3.08. The van der Waals surface area contributed by atoms with Crippen molar-refractivity contribution in [2.45, 2.75) is 12.8 Å². The van der Waals surface area contributed by atoms with Crippen LogP contribution in [-0.2, 0) is 9.47 Å². The average molecular weight is 230 g/mol. The van der Waals surface area contributed by atoms with Gasteiger partial charge in [0.05, 0.1) is 19.8 Å². The average Bonchev–Trinajstić information content (AvgIpc) is 2.30. The van der Waals surface area contributed by atoms with Gasteiger partial charge in [-0.25, -0.2) is 0 Å². The molecular weight excluding hydrogens is 204 g/mol. The van der Waals surface area contributed by atoms with Gasteiger partial charge in [0, 0.05) is 20.2 Å². The number of nitrogens with zero attached hydrogens (tertiary/aromatic N) is 1. The number of piperidine rings is 1. The minimum Gasteiger partial charge on any atom is -0.382 e. The Morgan fingerprint density at radius 2 is 1.94 bits per heavy atom. The minimum absolute atomic E-state index is 0.692. The molecule has 0 radical (unpaired) electrons. The second-order valence-corrected chi connectivity index (χ2v) is 4.56. The van der Waals surface area contributed by atoms with Crippen molar-refractivity contribution in [3.63, 3.8) is 0 Å². The molecule has 0 aromatic rings. The predicted octanol–water partition coefficient (Wildman–Crippen LogP) is 0.581. The summed E-state index contributed by atoms with van der Waals surface area (Å²) in [6.07, 6.45) is 2.63. The Balaban J connectivity index is 1.95. The first-order valence-corrected chi connectivity index (χ1v) is 6.29. The molecule has 0 amide bonds. The third-order valence-corrected chi connectivity index (χ3v) is 3.08. The Hall–Kier alpha value is -0.160. The van der Waals surface area contributed by atoms with E-state index in [1.165, 1.54) is 32.5 Å². The van der Waals surface area contributed by atoms with Crippen LogP contribution in [0.15, 0.2) is 0 Å². The van der Waals surface area contributed by atoms with Crippen LogP contribution < -0.4 is 5.32 Å². The van der Waals surface area contributed by atoms with Crippen LogP contribution in [0.1, 0.15) is 12.8 Å². The number of likely N-dealkylation sites (N-methyl/N-ethyl adjacent to an activating group) is 1. The van der Waals surface area contributed by atoms with Gasteiger partial charge in [-0.2, -0.15) is 0 Å². The highest BCUT2D eigenvalue weighted by atomic mass is 16.5. The van der Waals surface area contributed by atoms with Gasteiger partial charge in [0.25, 0.3) is 0 Å². The van der Waals surface area contributed by atoms with E-state index in [4.69, 9.17) is 9.47 Å². The maximum Gasteiger partial charge on any atom is 0.0700 e. The van der Waals surface area contributed by atoms with E-state index in [-0.39, 0.29) is 0 Å². The monoisotopic (exact) mass is 230 g/mol. The van der Waals surface area contributed by atoms with E-state index in [1.807, 2.05) is 0 Å². The summed E-state index contributed by atoms with van der Waals surface area (Å²) in [6, 6.07) is 0. The molecule has 0 aromatic carbocycles. The SMILES string of the molecule is COCCOCCN(C)CC1CCNCC1. The summed E-state index contributed by atoms with van der Waals surface area (Å²) in [7, 11) is 3.88. The smallest absolute Gasteiger partial charge is 0.0700 e. The van der Waals surface area contributed by atoms with Crippen LogP contribution in [0.3, 0.4) is 0 Å². The van der Waals surface area contributed by atoms with Crippen LogP contribution >= 0.6 is 0 Å². The molecular formula is C12H26N2O2. The van der Waals surface area contributed by atoms with Gasteiger partial charge in [0.15, 0.2) is 0 Å². The first-order valence-electron chi connectivity index (χ1n) is 6.29. The van der Waals surface area contributed by atoms with E-state index < -0.39 is 0 Å². The van der Waals surface area contributed by atoms with Crippen molar-refractivity contribution < 1.29 is 9.47 Å². The molecule has 0 aromatic heterocycles. The molecule has 0 spiro atoms. The molecule has 4 nitrogen and oxygen atoms in total. The van der Waals surface area contributed by atoms with Crippen molar-refractivity contribution in [2.24, 2.45) is 5.92 Å². The summed E-state index contributed by atoms with van der Waals surface area (Å²) < 4.78 is 10.4. The van der Waals surface area contributed by atoms with E-state index in [1.54, 1.807) is 7.11 Å². The molecule has 1 saturated heterocycles. The molecule has 1 fully saturated rings. The van der Waals surface area contributed by atoms with Crippen molar-refractivity contribution in [3.8, 4) is 0 Å². The Morgan fingerprint density at radius 3 is 2.62 bits per heavy atom. The van der Waals surface area contributed by atoms with Gasteiger partial charge in [-0.1, -0.05) is 0 Å². The molecule has 96 valence electrons. The van der Waals surface area contributed by atoms with Crippen molar-refractivity contribution in [3.05, 3.63) is 0 Å². The van der Waals surface area contributed by atoms with Gasteiger partial charge in [-0.15, -0.1) is 0 Å². The Labute approximate surface area is 99.3 Å². The van der Waals surface area contributed by atoms with Crippen molar-refractivity contribution in [1.82, 2.24) is 10.2 Å². The fraction of sp³-hybridized carbons (Fsp3) is 1.00. The van der Waals surface area contributed by atoms with E-state index in [2.05, 4.69) is 17.3 Å². The molecule has 0 aliphatic carbocycles. The topological polar surface area (TPSA) is 33.7 Å². The maximum absolute atomic E-state index is 5.45. The van der Waals surface area contributed by atoms with E-state index >= 15 is 0 Å². The summed E-state index contributed by atoms with van der Waals surface area (Å²) in [6.45, 7) is 6.80. The first kappa shape index (κ1) is 13.9. The fourth-order valence-corrected chi connectivity index (χ4v) is 2.06. The van der Waals surface area contributed by atoms with Crippen LogP contribution in [0.5, 0.6) is 0 Å². The second-order valence-electron chi connectivity index (χ2n) is 4.56. The van der Waals surface area contributed by atoms with Crippen LogP contribution in [0.4, 0.5) is 0 Å². The second kappa shape index (κ2) is 8.93. The quantitative estimate of drug-likeness (QED) is 0.619. The first-order chi connectivity index (χ1) is 7.83. The zero-order valence-electron chi connectivity index (χ0n) is 10.7. The summed E-state index contributed by atoms with van der Waals surface area (Å²) in [4.78, 5) is 2.38. The Bertz CT molecular complexity index is 161. The lowest BCUT2D eigenvalue weighted by Gasteiger charge is -2.27. The number of rotatable bonds is 8. The highest BCUT2D eigenvalue weighted by Gasteiger charge is 2.14. The van der Waals surface area contributed by atoms with Crippen LogP contribution in [0.2, 0.25) is 0 Å². The standard InChI is InChI=1S/C12H26N2O2/c1-14(7-8-16-10-9-15-2)11-12-3-5-13-6-4-12/h12-13H,3-11H2,1-2H3. The van der Waals surface area contributed by atoms with Crippen LogP contribution in [-0.4, -0.2) is 65.1 Å². The molecule has 4 heteroatoms. The molecule has 1 N–H and O–H groups in total. The number of hydrogen-bond acceptors (Lipinski definition) is 4. The third kappa shape index (κ3) is 6.43. The van der Waals surface area contributed by atoms with Crippen molar-refractivity contribution in [2.75, 3.05) is 60.2 Å². The van der Waals surface area contributed by atoms with Crippen molar-refractivity contribution >= 4 is 0 Å². The summed E-state index contributed by atoms with van der Waals surface area (Å²) >= 11 is 0. The van der Waals surface area contributed by atoms with E-state index in [9.17, 15) is 0 Å². The largest absolute Gasteiger partial charge is 0.382 e. The number of ether oxygens (including phenoxy) is 2. The number of methoxy groups -OCH3 is 1. The molecule has 1 rings (SSSR count). The Morgan fingerprint density at radius 1 is 1.19 bits per heavy atom. The summed E-state index contributed by atoms with van der Waals surface area (Å²) in [5, 5.41) is 3.40. The molecule has 1 heterocycles. The van der Waals surface area contributed by atoms with Crippen LogP contribution in [0, 0.1) is 5.92 Å². The van der Waals surface area contributed by atoms with Gasteiger partial charge >= 0.3 is 0 Å². The molecule has 0 saturated carbocycles. The lowest BCUT2D eigenvalue weighted by molar-refractivity contribution is 0.0580. The summed E-state index contributed by atoms with van der Waals surface area (Å²) in [5.74, 6) is 0.866. The van der Waals surface area contributed by atoms with Gasteiger partial charge in [-0.05, 0) is 38.9 Å². The zero-order valence-corrected chi connectivity index (χ0v) is 10.7. The molecule has 0 unspecified atom stereocenters. The highest BCUT2D eigenvalue weighted by Crippen LogP contribution is 2.12. The number of nitrogens with one attached hydrogen (secondary N) is 1. The van der Waals surface area contributed by atoms with Gasteiger partial charge in [-0.3, -0.25) is 0 Å². The molecule has 1 aliphatic rings. The normalized spacial score (nSPS) is 18.2. The van der Waals surface area contributed by atoms with Gasteiger partial charge in [0.1, 0.15) is 0 Å². The lowest BCUT2D eigenvalue weighted by Crippen LogP contribution is -2.35. The molecule has 0 bridgehead atoms. The van der Waals surface area contributed by atoms with E-state index in [0.717, 1.165) is 19.1 Å². The minimum atomic E-state index is 0.692. The van der Waals surface area contributed by atoms with Crippen LogP contribution in [0.25, 0.3) is 0 Å². The van der Waals surface area contributed by atoms with Gasteiger partial charge in [0.2, 0.25) is 0 Å². The molecule has 1 aliphatic heterocycles. The van der Waals surface area contributed by atoms with E-state index in [0.29, 0.717) is 13.2 Å². The predicted molar refractivity (Wildman–Crippen MR) is 65.8 cm³/mol. The maximum atomic E-state index is 5.45. The fourth-order valence-electron chi connectivity index (χ4n) is 2.06. The van der Waals surface area contributed by atoms with Crippen molar-refractivity contribution in [1.29, 1.82) is 0 Å². The Kier molecular flexibility index (Phi) is 7.76. The molecule has 0 atom stereocenters. The summed E-state index contributed by atoms with van der Waals surface area (Å²) in [5.41, 5.74) is 0. The number of hydrogen-bond donors (Lipinski definition) is 1. The molecule has 16 heavy (non-hydrogen) atoms.